The van der Waals surface area contributed by atoms with E-state index >= 15 is 0 Å². The van der Waals surface area contributed by atoms with Gasteiger partial charge in [0.25, 0.3) is 0 Å². The summed E-state index contributed by atoms with van der Waals surface area (Å²) in [5.74, 6) is -0.388. The van der Waals surface area contributed by atoms with E-state index in [9.17, 15) is 9.59 Å². The molecule has 0 unspecified atom stereocenters. The average Bonchev–Trinajstić information content (AvgIpc) is 3.01. The Bertz CT molecular complexity index is 300. The zero-order chi connectivity index (χ0) is 11.4. The summed E-state index contributed by atoms with van der Waals surface area (Å²) >= 11 is 0. The van der Waals surface area contributed by atoms with Crippen LogP contribution in [0.25, 0.3) is 0 Å². The van der Waals surface area contributed by atoms with E-state index in [-0.39, 0.29) is 23.9 Å². The van der Waals surface area contributed by atoms with Crippen LogP contribution in [0, 0.1) is 5.92 Å². The number of Topliss-reactive ketones (excluding diaryl/α,β-unsaturated/α-hetero) is 1. The van der Waals surface area contributed by atoms with Crippen LogP contribution in [0.5, 0.6) is 0 Å². The van der Waals surface area contributed by atoms with Gasteiger partial charge in [-0.25, -0.2) is 4.79 Å². The molecule has 0 aliphatic heterocycles. The lowest BCUT2D eigenvalue weighted by molar-refractivity contribution is -0.140. The Hall–Kier alpha value is -1.32. The molecule has 4 nitrogen and oxygen atoms in total. The number of hydrogen-bond acceptors (Lipinski definition) is 4. The van der Waals surface area contributed by atoms with E-state index in [0.717, 1.165) is 12.8 Å². The quantitative estimate of drug-likeness (QED) is 0.227. The van der Waals surface area contributed by atoms with Crippen molar-refractivity contribution >= 4 is 11.8 Å². The molecule has 4 heteroatoms. The van der Waals surface area contributed by atoms with Crippen LogP contribution in [-0.4, -0.2) is 25.5 Å². The second-order valence-corrected chi connectivity index (χ2v) is 3.49. The molecule has 1 saturated carbocycles. The van der Waals surface area contributed by atoms with Gasteiger partial charge >= 0.3 is 5.97 Å². The number of rotatable bonds is 5. The summed E-state index contributed by atoms with van der Waals surface area (Å²) in [6, 6.07) is 0. The minimum absolute atomic E-state index is 0.00509. The van der Waals surface area contributed by atoms with E-state index in [1.54, 1.807) is 13.8 Å². The second-order valence-electron chi connectivity index (χ2n) is 3.49. The van der Waals surface area contributed by atoms with Crippen LogP contribution in [-0.2, 0) is 19.1 Å². The van der Waals surface area contributed by atoms with Gasteiger partial charge in [-0.1, -0.05) is 0 Å². The number of esters is 1. The summed E-state index contributed by atoms with van der Waals surface area (Å²) in [5.41, 5.74) is 0.0712. The minimum atomic E-state index is -0.575. The molecule has 0 spiro atoms. The SMILES string of the molecule is CCOC(=O)/C(C(=O)C1CC1)=C(/C)OC. The van der Waals surface area contributed by atoms with Gasteiger partial charge in [-0.2, -0.15) is 0 Å². The van der Waals surface area contributed by atoms with E-state index in [4.69, 9.17) is 9.47 Å². The van der Waals surface area contributed by atoms with E-state index < -0.39 is 5.97 Å². The van der Waals surface area contributed by atoms with Crippen LogP contribution in [0.4, 0.5) is 0 Å². The minimum Gasteiger partial charge on any atom is -0.500 e. The maximum Gasteiger partial charge on any atom is 0.345 e. The molecular formula is C11H16O4. The van der Waals surface area contributed by atoms with Crippen molar-refractivity contribution in [3.63, 3.8) is 0 Å². The first kappa shape index (κ1) is 11.8. The van der Waals surface area contributed by atoms with Crippen molar-refractivity contribution in [3.8, 4) is 0 Å². The predicted octanol–water partition coefficient (Wildman–Crippen LogP) is 1.45. The molecule has 0 aromatic rings. The highest BCUT2D eigenvalue weighted by Gasteiger charge is 2.36. The van der Waals surface area contributed by atoms with Gasteiger partial charge in [0, 0.05) is 5.92 Å². The summed E-state index contributed by atoms with van der Waals surface area (Å²) < 4.78 is 9.77. The number of ketones is 1. The molecule has 0 aromatic carbocycles. The molecule has 1 aliphatic carbocycles. The van der Waals surface area contributed by atoms with Crippen LogP contribution >= 0.6 is 0 Å². The summed E-state index contributed by atoms with van der Waals surface area (Å²) in [5, 5.41) is 0. The molecule has 0 aromatic heterocycles. The Kier molecular flexibility index (Phi) is 3.88. The highest BCUT2D eigenvalue weighted by molar-refractivity contribution is 6.19. The molecule has 1 rings (SSSR count). The number of allylic oxidation sites excluding steroid dienone is 1. The smallest absolute Gasteiger partial charge is 0.345 e. The molecule has 0 heterocycles. The molecule has 84 valence electrons. The van der Waals surface area contributed by atoms with Crippen LogP contribution in [0.15, 0.2) is 11.3 Å². The van der Waals surface area contributed by atoms with Crippen molar-refractivity contribution in [2.75, 3.05) is 13.7 Å². The lowest BCUT2D eigenvalue weighted by atomic mass is 10.1. The Morgan fingerprint density at radius 3 is 2.33 bits per heavy atom. The first-order valence-electron chi connectivity index (χ1n) is 5.08. The van der Waals surface area contributed by atoms with Crippen molar-refractivity contribution in [2.24, 2.45) is 5.92 Å². The van der Waals surface area contributed by atoms with Gasteiger partial charge in [-0.15, -0.1) is 0 Å². The lowest BCUT2D eigenvalue weighted by Crippen LogP contribution is -2.19. The summed E-state index contributed by atoms with van der Waals surface area (Å²) in [4.78, 5) is 23.3. The molecule has 0 atom stereocenters. The third-order valence-corrected chi connectivity index (χ3v) is 2.33. The lowest BCUT2D eigenvalue weighted by Gasteiger charge is -2.08. The molecule has 15 heavy (non-hydrogen) atoms. The largest absolute Gasteiger partial charge is 0.500 e. The predicted molar refractivity (Wildman–Crippen MR) is 54.1 cm³/mol. The fourth-order valence-electron chi connectivity index (χ4n) is 1.27. The fourth-order valence-corrected chi connectivity index (χ4v) is 1.27. The monoisotopic (exact) mass is 212 g/mol. The number of methoxy groups -OCH3 is 1. The number of carbonyl (C=O) groups excluding carboxylic acids is 2. The van der Waals surface area contributed by atoms with Crippen molar-refractivity contribution in [2.45, 2.75) is 26.7 Å². The molecule has 0 radical (unpaired) electrons. The van der Waals surface area contributed by atoms with Gasteiger partial charge < -0.3 is 9.47 Å². The molecule has 1 aliphatic rings. The maximum absolute atomic E-state index is 11.8. The van der Waals surface area contributed by atoms with Gasteiger partial charge in [0.05, 0.1) is 13.7 Å². The van der Waals surface area contributed by atoms with Gasteiger partial charge in [-0.05, 0) is 26.7 Å². The third-order valence-electron chi connectivity index (χ3n) is 2.33. The van der Waals surface area contributed by atoms with Gasteiger partial charge in [0.15, 0.2) is 5.78 Å². The van der Waals surface area contributed by atoms with E-state index in [0.29, 0.717) is 5.76 Å². The fraction of sp³-hybridized carbons (Fsp3) is 0.636. The second kappa shape index (κ2) is 4.96. The summed E-state index contributed by atoms with van der Waals surface area (Å²) in [6.07, 6.45) is 1.72. The number of ether oxygens (including phenoxy) is 2. The van der Waals surface area contributed by atoms with E-state index in [1.165, 1.54) is 7.11 Å². The third kappa shape index (κ3) is 2.81. The van der Waals surface area contributed by atoms with Crippen LogP contribution in [0.2, 0.25) is 0 Å². The van der Waals surface area contributed by atoms with Crippen LogP contribution < -0.4 is 0 Å². The van der Waals surface area contributed by atoms with Crippen LogP contribution in [0.3, 0.4) is 0 Å². The van der Waals surface area contributed by atoms with Crippen molar-refractivity contribution in [3.05, 3.63) is 11.3 Å². The Morgan fingerprint density at radius 2 is 1.93 bits per heavy atom. The summed E-state index contributed by atoms with van der Waals surface area (Å²) in [6.45, 7) is 3.57. The standard InChI is InChI=1S/C11H16O4/c1-4-15-11(13)9(7(2)14-3)10(12)8-5-6-8/h8H,4-6H2,1-3H3/b9-7-. The number of carbonyl (C=O) groups is 2. The Balaban J connectivity index is 2.86. The molecule has 0 saturated heterocycles. The Labute approximate surface area is 89.2 Å². The maximum atomic E-state index is 11.8. The van der Waals surface area contributed by atoms with Gasteiger partial charge in [0.1, 0.15) is 11.3 Å². The molecule has 0 N–H and O–H groups in total. The highest BCUT2D eigenvalue weighted by Crippen LogP contribution is 2.33. The molecule has 1 fully saturated rings. The first-order valence-corrected chi connectivity index (χ1v) is 5.08. The normalized spacial score (nSPS) is 16.7. The topological polar surface area (TPSA) is 52.6 Å². The first-order chi connectivity index (χ1) is 7.11. The molecule has 0 amide bonds. The zero-order valence-corrected chi connectivity index (χ0v) is 9.33. The van der Waals surface area contributed by atoms with Crippen molar-refractivity contribution in [1.29, 1.82) is 0 Å². The van der Waals surface area contributed by atoms with Crippen LogP contribution in [0.1, 0.15) is 26.7 Å². The number of hydrogen-bond donors (Lipinski definition) is 0. The average molecular weight is 212 g/mol. The molecule has 0 bridgehead atoms. The van der Waals surface area contributed by atoms with Crippen molar-refractivity contribution < 1.29 is 19.1 Å². The zero-order valence-electron chi connectivity index (χ0n) is 9.33. The van der Waals surface area contributed by atoms with Gasteiger partial charge in [-0.3, -0.25) is 4.79 Å². The highest BCUT2D eigenvalue weighted by atomic mass is 16.5. The van der Waals surface area contributed by atoms with E-state index in [1.807, 2.05) is 0 Å². The molecular weight excluding hydrogens is 196 g/mol. The van der Waals surface area contributed by atoms with Crippen molar-refractivity contribution in [1.82, 2.24) is 0 Å². The van der Waals surface area contributed by atoms with Gasteiger partial charge in [0.2, 0.25) is 0 Å². The summed E-state index contributed by atoms with van der Waals surface area (Å²) in [7, 11) is 1.44. The van der Waals surface area contributed by atoms with E-state index in [2.05, 4.69) is 0 Å². The Morgan fingerprint density at radius 1 is 1.33 bits per heavy atom.